The van der Waals surface area contributed by atoms with E-state index in [4.69, 9.17) is 5.73 Å². The molecular weight excluding hydrogens is 172 g/mol. The highest BCUT2D eigenvalue weighted by molar-refractivity contribution is 5.22. The van der Waals surface area contributed by atoms with Crippen molar-refractivity contribution in [1.82, 2.24) is 0 Å². The molecule has 0 saturated heterocycles. The molecule has 2 N–H and O–H groups in total. The van der Waals surface area contributed by atoms with E-state index in [1.54, 1.807) is 0 Å². The zero-order chi connectivity index (χ0) is 10.0. The number of benzene rings is 1. The Kier molecular flexibility index (Phi) is 2.98. The number of halogens is 2. The SMILES string of the molecule is CC(C)C(N)c1cc(F)ccc1F. The molecule has 0 spiro atoms. The summed E-state index contributed by atoms with van der Waals surface area (Å²) in [6.45, 7) is 3.74. The molecule has 1 unspecified atom stereocenters. The zero-order valence-electron chi connectivity index (χ0n) is 7.72. The van der Waals surface area contributed by atoms with Gasteiger partial charge in [-0.05, 0) is 24.1 Å². The van der Waals surface area contributed by atoms with Crippen LogP contribution in [0.4, 0.5) is 8.78 Å². The van der Waals surface area contributed by atoms with Crippen LogP contribution in [0.15, 0.2) is 18.2 Å². The Hall–Kier alpha value is -0.960. The molecule has 0 aliphatic carbocycles. The molecule has 13 heavy (non-hydrogen) atoms. The Morgan fingerprint density at radius 3 is 2.38 bits per heavy atom. The van der Waals surface area contributed by atoms with Gasteiger partial charge in [0.05, 0.1) is 0 Å². The predicted molar refractivity (Wildman–Crippen MR) is 48.1 cm³/mol. The average Bonchev–Trinajstić information content (AvgIpc) is 2.08. The molecule has 0 bridgehead atoms. The number of rotatable bonds is 2. The van der Waals surface area contributed by atoms with E-state index in [0.29, 0.717) is 0 Å². The van der Waals surface area contributed by atoms with Crippen LogP contribution in [-0.4, -0.2) is 0 Å². The lowest BCUT2D eigenvalue weighted by molar-refractivity contribution is 0.479. The molecule has 0 heterocycles. The van der Waals surface area contributed by atoms with E-state index in [9.17, 15) is 8.78 Å². The molecule has 1 aromatic carbocycles. The molecule has 0 saturated carbocycles. The lowest BCUT2D eigenvalue weighted by Crippen LogP contribution is -2.18. The smallest absolute Gasteiger partial charge is 0.128 e. The first kappa shape index (κ1) is 10.1. The summed E-state index contributed by atoms with van der Waals surface area (Å²) in [6, 6.07) is 2.90. The number of hydrogen-bond acceptors (Lipinski definition) is 1. The van der Waals surface area contributed by atoms with E-state index in [1.807, 2.05) is 13.8 Å². The van der Waals surface area contributed by atoms with E-state index < -0.39 is 17.7 Å². The van der Waals surface area contributed by atoms with Crippen LogP contribution in [0.1, 0.15) is 25.5 Å². The molecule has 0 amide bonds. The maximum absolute atomic E-state index is 13.1. The van der Waals surface area contributed by atoms with Gasteiger partial charge in [0.2, 0.25) is 0 Å². The van der Waals surface area contributed by atoms with Crippen molar-refractivity contribution in [2.45, 2.75) is 19.9 Å². The third-order valence-corrected chi connectivity index (χ3v) is 2.04. The Balaban J connectivity index is 3.05. The van der Waals surface area contributed by atoms with Crippen molar-refractivity contribution in [3.8, 4) is 0 Å². The van der Waals surface area contributed by atoms with Crippen LogP contribution in [0.3, 0.4) is 0 Å². The highest BCUT2D eigenvalue weighted by Crippen LogP contribution is 2.22. The van der Waals surface area contributed by atoms with Gasteiger partial charge < -0.3 is 5.73 Å². The Morgan fingerprint density at radius 1 is 1.23 bits per heavy atom. The molecule has 0 radical (unpaired) electrons. The summed E-state index contributed by atoms with van der Waals surface area (Å²) < 4.78 is 25.9. The van der Waals surface area contributed by atoms with Gasteiger partial charge in [-0.2, -0.15) is 0 Å². The fraction of sp³-hybridized carbons (Fsp3) is 0.400. The highest BCUT2D eigenvalue weighted by Gasteiger charge is 2.15. The van der Waals surface area contributed by atoms with Crippen LogP contribution in [0.25, 0.3) is 0 Å². The van der Waals surface area contributed by atoms with Gasteiger partial charge >= 0.3 is 0 Å². The third-order valence-electron chi connectivity index (χ3n) is 2.04. The first-order chi connectivity index (χ1) is 6.02. The summed E-state index contributed by atoms with van der Waals surface area (Å²) in [5.41, 5.74) is 5.95. The molecule has 1 rings (SSSR count). The Morgan fingerprint density at radius 2 is 1.85 bits per heavy atom. The molecular formula is C10H13F2N. The standard InChI is InChI=1S/C10H13F2N/c1-6(2)10(13)8-5-7(11)3-4-9(8)12/h3-6,10H,13H2,1-2H3. The minimum Gasteiger partial charge on any atom is -0.324 e. The minimum absolute atomic E-state index is 0.0938. The van der Waals surface area contributed by atoms with Crippen molar-refractivity contribution in [3.63, 3.8) is 0 Å². The van der Waals surface area contributed by atoms with Crippen molar-refractivity contribution in [2.24, 2.45) is 11.7 Å². The van der Waals surface area contributed by atoms with Crippen LogP contribution in [0, 0.1) is 17.6 Å². The first-order valence-electron chi connectivity index (χ1n) is 4.23. The lowest BCUT2D eigenvalue weighted by Gasteiger charge is -2.16. The van der Waals surface area contributed by atoms with Gasteiger partial charge in [-0.25, -0.2) is 8.78 Å². The van der Waals surface area contributed by atoms with Crippen LogP contribution in [0.5, 0.6) is 0 Å². The zero-order valence-corrected chi connectivity index (χ0v) is 7.72. The molecule has 3 heteroatoms. The lowest BCUT2D eigenvalue weighted by atomic mass is 9.96. The van der Waals surface area contributed by atoms with Crippen LogP contribution < -0.4 is 5.73 Å². The van der Waals surface area contributed by atoms with Crippen LogP contribution in [0.2, 0.25) is 0 Å². The molecule has 72 valence electrons. The second-order valence-electron chi connectivity index (χ2n) is 3.44. The summed E-state index contributed by atoms with van der Waals surface area (Å²) in [5.74, 6) is -0.800. The van der Waals surface area contributed by atoms with Gasteiger partial charge in [0.15, 0.2) is 0 Å². The summed E-state index contributed by atoms with van der Waals surface area (Å²) in [7, 11) is 0. The van der Waals surface area contributed by atoms with Crippen molar-refractivity contribution < 1.29 is 8.78 Å². The van der Waals surface area contributed by atoms with Gasteiger partial charge in [0, 0.05) is 11.6 Å². The first-order valence-corrected chi connectivity index (χ1v) is 4.23. The fourth-order valence-corrected chi connectivity index (χ4v) is 1.13. The number of hydrogen-bond donors (Lipinski definition) is 1. The molecule has 0 aliphatic rings. The Labute approximate surface area is 76.6 Å². The molecule has 1 atom stereocenters. The van der Waals surface area contributed by atoms with Crippen molar-refractivity contribution >= 4 is 0 Å². The number of nitrogens with two attached hydrogens (primary N) is 1. The molecule has 0 aromatic heterocycles. The quantitative estimate of drug-likeness (QED) is 0.753. The average molecular weight is 185 g/mol. The van der Waals surface area contributed by atoms with Crippen molar-refractivity contribution in [2.75, 3.05) is 0 Å². The second-order valence-corrected chi connectivity index (χ2v) is 3.44. The maximum atomic E-state index is 13.1. The Bertz CT molecular complexity index is 297. The third kappa shape index (κ3) is 2.25. The molecule has 0 aliphatic heterocycles. The predicted octanol–water partition coefficient (Wildman–Crippen LogP) is 2.62. The van der Waals surface area contributed by atoms with E-state index in [-0.39, 0.29) is 11.5 Å². The van der Waals surface area contributed by atoms with E-state index >= 15 is 0 Å². The van der Waals surface area contributed by atoms with Gasteiger partial charge in [0.25, 0.3) is 0 Å². The molecule has 0 fully saturated rings. The molecule has 1 nitrogen and oxygen atoms in total. The van der Waals surface area contributed by atoms with Crippen molar-refractivity contribution in [1.29, 1.82) is 0 Å². The van der Waals surface area contributed by atoms with Gasteiger partial charge in [-0.1, -0.05) is 13.8 Å². The van der Waals surface area contributed by atoms with Gasteiger partial charge in [0.1, 0.15) is 11.6 Å². The van der Waals surface area contributed by atoms with E-state index in [1.165, 1.54) is 0 Å². The van der Waals surface area contributed by atoms with Crippen LogP contribution >= 0.6 is 0 Å². The van der Waals surface area contributed by atoms with E-state index in [0.717, 1.165) is 18.2 Å². The summed E-state index contributed by atoms with van der Waals surface area (Å²) >= 11 is 0. The topological polar surface area (TPSA) is 26.0 Å². The minimum atomic E-state index is -0.451. The van der Waals surface area contributed by atoms with Crippen molar-refractivity contribution in [3.05, 3.63) is 35.4 Å². The van der Waals surface area contributed by atoms with E-state index in [2.05, 4.69) is 0 Å². The maximum Gasteiger partial charge on any atom is 0.128 e. The normalized spacial score (nSPS) is 13.4. The summed E-state index contributed by atoms with van der Waals surface area (Å²) in [4.78, 5) is 0. The van der Waals surface area contributed by atoms with Gasteiger partial charge in [-0.3, -0.25) is 0 Å². The van der Waals surface area contributed by atoms with Gasteiger partial charge in [-0.15, -0.1) is 0 Å². The largest absolute Gasteiger partial charge is 0.324 e. The molecule has 1 aromatic rings. The second kappa shape index (κ2) is 3.83. The highest BCUT2D eigenvalue weighted by atomic mass is 19.1. The fourth-order valence-electron chi connectivity index (χ4n) is 1.13. The monoisotopic (exact) mass is 185 g/mol. The summed E-state index contributed by atoms with van der Waals surface area (Å²) in [5, 5.41) is 0. The van der Waals surface area contributed by atoms with Crippen LogP contribution in [-0.2, 0) is 0 Å². The summed E-state index contributed by atoms with van der Waals surface area (Å²) in [6.07, 6.45) is 0.